The molecule has 0 radical (unpaired) electrons. The molecule has 7 heteroatoms. The van der Waals surface area contributed by atoms with Gasteiger partial charge >= 0.3 is 0 Å². The number of aromatic nitrogens is 3. The van der Waals surface area contributed by atoms with Crippen LogP contribution in [0.15, 0.2) is 42.5 Å². The summed E-state index contributed by atoms with van der Waals surface area (Å²) >= 11 is 1.56. The number of para-hydroxylation sites is 1. The Morgan fingerprint density at radius 1 is 1.17 bits per heavy atom. The number of carbonyl (C=O) groups is 1. The summed E-state index contributed by atoms with van der Waals surface area (Å²) in [4.78, 5) is 16.3. The third-order valence-electron chi connectivity index (χ3n) is 3.22. The number of rotatable bonds is 6. The summed E-state index contributed by atoms with van der Waals surface area (Å²) in [5.41, 5.74) is 1.82. The Balaban J connectivity index is 1.44. The number of carbonyl (C=O) groups excluding carboxylic acids is 1. The second kappa shape index (κ2) is 7.65. The van der Waals surface area contributed by atoms with Crippen LogP contribution in [0.1, 0.15) is 10.7 Å². The number of anilines is 1. The Bertz CT molecular complexity index is 824. The van der Waals surface area contributed by atoms with Crippen molar-refractivity contribution in [3.63, 3.8) is 0 Å². The SMILES string of the molecule is Cc1ccc(NCCNC(=O)C=Cc2nc3ccccc3s2)nn1. The Labute approximate surface area is 143 Å². The van der Waals surface area contributed by atoms with Crippen molar-refractivity contribution in [1.29, 1.82) is 0 Å². The maximum absolute atomic E-state index is 11.8. The van der Waals surface area contributed by atoms with Gasteiger partial charge in [-0.25, -0.2) is 4.98 Å². The molecule has 0 fully saturated rings. The topological polar surface area (TPSA) is 79.8 Å². The monoisotopic (exact) mass is 339 g/mol. The quantitative estimate of drug-likeness (QED) is 0.533. The second-order valence-electron chi connectivity index (χ2n) is 5.13. The minimum atomic E-state index is -0.147. The highest BCUT2D eigenvalue weighted by Gasteiger charge is 2.01. The third-order valence-corrected chi connectivity index (χ3v) is 4.22. The fraction of sp³-hybridized carbons (Fsp3) is 0.176. The Morgan fingerprint density at radius 2 is 2.04 bits per heavy atom. The van der Waals surface area contributed by atoms with Crippen LogP contribution in [0.3, 0.4) is 0 Å². The molecule has 3 aromatic rings. The third kappa shape index (κ3) is 4.36. The lowest BCUT2D eigenvalue weighted by Gasteiger charge is -2.05. The van der Waals surface area contributed by atoms with Crippen LogP contribution in [0, 0.1) is 6.92 Å². The predicted molar refractivity (Wildman–Crippen MR) is 96.9 cm³/mol. The van der Waals surface area contributed by atoms with E-state index < -0.39 is 0 Å². The molecule has 3 rings (SSSR count). The molecule has 1 aromatic carbocycles. The van der Waals surface area contributed by atoms with Crippen molar-refractivity contribution in [2.45, 2.75) is 6.92 Å². The highest BCUT2D eigenvalue weighted by molar-refractivity contribution is 7.19. The van der Waals surface area contributed by atoms with E-state index >= 15 is 0 Å². The summed E-state index contributed by atoms with van der Waals surface area (Å²) in [5.74, 6) is 0.547. The van der Waals surface area contributed by atoms with E-state index in [0.717, 1.165) is 20.9 Å². The van der Waals surface area contributed by atoms with Crippen molar-refractivity contribution in [3.05, 3.63) is 53.2 Å². The smallest absolute Gasteiger partial charge is 0.244 e. The van der Waals surface area contributed by atoms with Crippen molar-refractivity contribution in [1.82, 2.24) is 20.5 Å². The van der Waals surface area contributed by atoms with Crippen molar-refractivity contribution in [2.75, 3.05) is 18.4 Å². The number of thiazole rings is 1. The summed E-state index contributed by atoms with van der Waals surface area (Å²) in [7, 11) is 0. The van der Waals surface area contributed by atoms with Gasteiger partial charge in [0, 0.05) is 19.2 Å². The summed E-state index contributed by atoms with van der Waals surface area (Å²) in [6.45, 7) is 2.96. The van der Waals surface area contributed by atoms with Gasteiger partial charge < -0.3 is 10.6 Å². The molecule has 0 aliphatic carbocycles. The largest absolute Gasteiger partial charge is 0.367 e. The van der Waals surface area contributed by atoms with Gasteiger partial charge in [0.15, 0.2) is 0 Å². The number of hydrogen-bond donors (Lipinski definition) is 2. The Morgan fingerprint density at radius 3 is 2.83 bits per heavy atom. The minimum absolute atomic E-state index is 0.147. The predicted octanol–water partition coefficient (Wildman–Crippen LogP) is 2.64. The molecule has 0 unspecified atom stereocenters. The lowest BCUT2D eigenvalue weighted by atomic mass is 10.3. The van der Waals surface area contributed by atoms with Crippen LogP contribution in [0.5, 0.6) is 0 Å². The van der Waals surface area contributed by atoms with Gasteiger partial charge in [-0.05, 0) is 37.3 Å². The molecule has 0 aliphatic rings. The van der Waals surface area contributed by atoms with E-state index in [1.807, 2.05) is 43.3 Å². The number of benzene rings is 1. The lowest BCUT2D eigenvalue weighted by Crippen LogP contribution is -2.27. The fourth-order valence-corrected chi connectivity index (χ4v) is 2.91. The molecule has 24 heavy (non-hydrogen) atoms. The molecular formula is C17H17N5OS. The van der Waals surface area contributed by atoms with Crippen LogP contribution < -0.4 is 10.6 Å². The molecule has 0 bridgehead atoms. The average Bonchev–Trinajstić information content (AvgIpc) is 3.01. The molecule has 1 amide bonds. The first-order valence-corrected chi connectivity index (χ1v) is 8.38. The van der Waals surface area contributed by atoms with E-state index in [1.165, 1.54) is 6.08 Å². The van der Waals surface area contributed by atoms with Gasteiger partial charge in [-0.2, -0.15) is 5.10 Å². The molecule has 0 aliphatic heterocycles. The Kier molecular flexibility index (Phi) is 5.12. The molecule has 6 nitrogen and oxygen atoms in total. The summed E-state index contributed by atoms with van der Waals surface area (Å²) in [6.07, 6.45) is 3.24. The zero-order chi connectivity index (χ0) is 16.8. The molecule has 122 valence electrons. The molecule has 0 saturated heterocycles. The minimum Gasteiger partial charge on any atom is -0.367 e. The molecule has 0 spiro atoms. The van der Waals surface area contributed by atoms with E-state index in [1.54, 1.807) is 17.4 Å². The number of amides is 1. The van der Waals surface area contributed by atoms with E-state index in [4.69, 9.17) is 0 Å². The van der Waals surface area contributed by atoms with Crippen molar-refractivity contribution in [2.24, 2.45) is 0 Å². The standard InChI is InChI=1S/C17H17N5OS/c1-12-6-7-15(22-21-12)18-10-11-19-16(23)8-9-17-20-13-4-2-3-5-14(13)24-17/h2-9H,10-11H2,1H3,(H,18,22)(H,19,23). The summed E-state index contributed by atoms with van der Waals surface area (Å²) < 4.78 is 1.11. The first-order chi connectivity index (χ1) is 11.7. The number of aryl methyl sites for hydroxylation is 1. The maximum atomic E-state index is 11.8. The van der Waals surface area contributed by atoms with Gasteiger partial charge in [-0.1, -0.05) is 12.1 Å². The average molecular weight is 339 g/mol. The first-order valence-electron chi connectivity index (χ1n) is 7.56. The normalized spacial score (nSPS) is 11.0. The van der Waals surface area contributed by atoms with Crippen LogP contribution in [0.4, 0.5) is 5.82 Å². The number of hydrogen-bond acceptors (Lipinski definition) is 6. The zero-order valence-electron chi connectivity index (χ0n) is 13.2. The Hall–Kier alpha value is -2.80. The highest BCUT2D eigenvalue weighted by atomic mass is 32.1. The molecule has 2 heterocycles. The van der Waals surface area contributed by atoms with Crippen LogP contribution in [0.25, 0.3) is 16.3 Å². The molecule has 2 aromatic heterocycles. The fourth-order valence-electron chi connectivity index (χ4n) is 2.04. The van der Waals surface area contributed by atoms with Crippen LogP contribution >= 0.6 is 11.3 Å². The highest BCUT2D eigenvalue weighted by Crippen LogP contribution is 2.22. The zero-order valence-corrected chi connectivity index (χ0v) is 14.0. The van der Waals surface area contributed by atoms with Crippen LogP contribution in [-0.4, -0.2) is 34.2 Å². The number of nitrogens with one attached hydrogen (secondary N) is 2. The van der Waals surface area contributed by atoms with Gasteiger partial charge in [-0.15, -0.1) is 16.4 Å². The summed E-state index contributed by atoms with van der Waals surface area (Å²) in [5, 5.41) is 14.7. The summed E-state index contributed by atoms with van der Waals surface area (Å²) in [6, 6.07) is 11.7. The van der Waals surface area contributed by atoms with Gasteiger partial charge in [0.05, 0.1) is 15.9 Å². The molecule has 0 atom stereocenters. The van der Waals surface area contributed by atoms with Gasteiger partial charge in [0.2, 0.25) is 5.91 Å². The van der Waals surface area contributed by atoms with E-state index in [9.17, 15) is 4.79 Å². The van der Waals surface area contributed by atoms with Crippen LogP contribution in [-0.2, 0) is 4.79 Å². The van der Waals surface area contributed by atoms with E-state index in [-0.39, 0.29) is 5.91 Å². The molecule has 2 N–H and O–H groups in total. The molecule has 0 saturated carbocycles. The van der Waals surface area contributed by atoms with Gasteiger partial charge in [0.25, 0.3) is 0 Å². The van der Waals surface area contributed by atoms with Crippen LogP contribution in [0.2, 0.25) is 0 Å². The van der Waals surface area contributed by atoms with Crippen molar-refractivity contribution in [3.8, 4) is 0 Å². The maximum Gasteiger partial charge on any atom is 0.244 e. The lowest BCUT2D eigenvalue weighted by molar-refractivity contribution is -0.116. The first kappa shape index (κ1) is 16.1. The molecular weight excluding hydrogens is 322 g/mol. The number of fused-ring (bicyclic) bond motifs is 1. The van der Waals surface area contributed by atoms with Gasteiger partial charge in [-0.3, -0.25) is 4.79 Å². The van der Waals surface area contributed by atoms with E-state index in [2.05, 4.69) is 25.8 Å². The van der Waals surface area contributed by atoms with Crippen molar-refractivity contribution >= 4 is 39.4 Å². The number of nitrogens with zero attached hydrogens (tertiary/aromatic N) is 3. The second-order valence-corrected chi connectivity index (χ2v) is 6.19. The van der Waals surface area contributed by atoms with Gasteiger partial charge in [0.1, 0.15) is 10.8 Å². The van der Waals surface area contributed by atoms with E-state index in [0.29, 0.717) is 18.9 Å². The van der Waals surface area contributed by atoms with Crippen molar-refractivity contribution < 1.29 is 4.79 Å².